The van der Waals surface area contributed by atoms with E-state index in [1.165, 1.54) is 25.7 Å². The molecule has 1 saturated carbocycles. The Morgan fingerprint density at radius 2 is 1.21 bits per heavy atom. The molecule has 0 radical (unpaired) electrons. The molecule has 0 amide bonds. The standard InChI is InChI=1S/C49H65FO13/c1-8-9-10-13-34-16-18-36(19-17-34)37-20-21-41(42(50)26-37)40-24-38(14-11-22-59-48(55)32(2)3)47(39(25-40)15-12-23-60-49(56)33(4)5)63-31-35(29-61-45(53)27-43(51)57-6)30-62-46(54)28-44(52)58-7/h20-21,24-26,34-36H,2,4,8-19,22-23,27-31H2,1,3,5-7H3. The van der Waals surface area contributed by atoms with Crippen LogP contribution in [0, 0.1) is 17.7 Å². The van der Waals surface area contributed by atoms with Gasteiger partial charge in [0.1, 0.15) is 37.6 Å². The highest BCUT2D eigenvalue weighted by molar-refractivity contribution is 5.91. The third kappa shape index (κ3) is 18.4. The first-order valence-electron chi connectivity index (χ1n) is 21.8. The number of esters is 6. The van der Waals surface area contributed by atoms with Crippen molar-refractivity contribution in [1.82, 2.24) is 0 Å². The predicted molar refractivity (Wildman–Crippen MR) is 233 cm³/mol. The van der Waals surface area contributed by atoms with Gasteiger partial charge in [0.2, 0.25) is 0 Å². The smallest absolute Gasteiger partial charge is 0.333 e. The minimum atomic E-state index is -0.879. The summed E-state index contributed by atoms with van der Waals surface area (Å²) in [6.45, 7) is 11.8. The molecular formula is C49H65FO13. The fraction of sp³-hybridized carbons (Fsp3) is 0.551. The number of carbonyl (C=O) groups is 6. The summed E-state index contributed by atoms with van der Waals surface area (Å²) in [6.07, 6.45) is 9.35. The number of rotatable bonds is 27. The van der Waals surface area contributed by atoms with Crippen LogP contribution in [0.15, 0.2) is 54.6 Å². The number of benzene rings is 2. The van der Waals surface area contributed by atoms with Crippen molar-refractivity contribution in [3.63, 3.8) is 0 Å². The molecule has 1 fully saturated rings. The minimum absolute atomic E-state index is 0.0559. The fourth-order valence-electron chi connectivity index (χ4n) is 7.30. The molecule has 0 bridgehead atoms. The summed E-state index contributed by atoms with van der Waals surface area (Å²) < 4.78 is 53.3. The summed E-state index contributed by atoms with van der Waals surface area (Å²) >= 11 is 0. The zero-order chi connectivity index (χ0) is 46.3. The van der Waals surface area contributed by atoms with E-state index in [1.807, 2.05) is 24.3 Å². The molecule has 0 spiro atoms. The van der Waals surface area contributed by atoms with Crippen LogP contribution in [0.3, 0.4) is 0 Å². The van der Waals surface area contributed by atoms with Gasteiger partial charge in [-0.15, -0.1) is 0 Å². The van der Waals surface area contributed by atoms with Gasteiger partial charge >= 0.3 is 35.8 Å². The van der Waals surface area contributed by atoms with Crippen molar-refractivity contribution >= 4 is 35.8 Å². The van der Waals surface area contributed by atoms with Crippen LogP contribution in [0.5, 0.6) is 5.75 Å². The van der Waals surface area contributed by atoms with Crippen molar-refractivity contribution in [3.05, 3.63) is 77.1 Å². The lowest BCUT2D eigenvalue weighted by Gasteiger charge is -2.29. The molecule has 2 aromatic carbocycles. The van der Waals surface area contributed by atoms with E-state index in [0.29, 0.717) is 53.7 Å². The molecule has 13 nitrogen and oxygen atoms in total. The first kappa shape index (κ1) is 51.8. The minimum Gasteiger partial charge on any atom is -0.492 e. The van der Waals surface area contributed by atoms with Crippen molar-refractivity contribution in [2.24, 2.45) is 11.8 Å². The summed E-state index contributed by atoms with van der Waals surface area (Å²) in [5.74, 6) is -4.19. The maximum absolute atomic E-state index is 16.3. The lowest BCUT2D eigenvalue weighted by Crippen LogP contribution is -2.28. The van der Waals surface area contributed by atoms with Crippen LogP contribution >= 0.6 is 0 Å². The maximum Gasteiger partial charge on any atom is 0.333 e. The second kappa shape index (κ2) is 27.5. The highest BCUT2D eigenvalue weighted by Gasteiger charge is 2.25. The van der Waals surface area contributed by atoms with Gasteiger partial charge in [0.05, 0.1) is 40.0 Å². The first-order valence-corrected chi connectivity index (χ1v) is 21.8. The summed E-state index contributed by atoms with van der Waals surface area (Å²) in [5, 5.41) is 0. The largest absolute Gasteiger partial charge is 0.492 e. The Morgan fingerprint density at radius 1 is 0.683 bits per heavy atom. The van der Waals surface area contributed by atoms with E-state index in [1.54, 1.807) is 19.9 Å². The van der Waals surface area contributed by atoms with Crippen molar-refractivity contribution in [2.45, 2.75) is 117 Å². The number of carbonyl (C=O) groups excluding carboxylic acids is 6. The molecule has 3 rings (SSSR count). The molecule has 14 heteroatoms. The van der Waals surface area contributed by atoms with Gasteiger partial charge in [-0.1, -0.05) is 57.9 Å². The lowest BCUT2D eigenvalue weighted by molar-refractivity contribution is -0.156. The van der Waals surface area contributed by atoms with Crippen LogP contribution < -0.4 is 4.74 Å². The second-order valence-corrected chi connectivity index (χ2v) is 16.2. The second-order valence-electron chi connectivity index (χ2n) is 16.2. The third-order valence-electron chi connectivity index (χ3n) is 10.9. The Hall–Kier alpha value is -5.53. The number of unbranched alkanes of at least 4 members (excludes halogenated alkanes) is 2. The summed E-state index contributed by atoms with van der Waals surface area (Å²) in [4.78, 5) is 72.6. The van der Waals surface area contributed by atoms with Crippen LogP contribution in [0.1, 0.15) is 120 Å². The molecule has 0 saturated heterocycles. The predicted octanol–water partition coefficient (Wildman–Crippen LogP) is 8.66. The highest BCUT2D eigenvalue weighted by Crippen LogP contribution is 2.40. The first-order chi connectivity index (χ1) is 30.1. The highest BCUT2D eigenvalue weighted by atomic mass is 19.1. The van der Waals surface area contributed by atoms with Crippen molar-refractivity contribution in [3.8, 4) is 16.9 Å². The molecule has 0 aliphatic heterocycles. The van der Waals surface area contributed by atoms with E-state index < -0.39 is 54.6 Å². The fourth-order valence-corrected chi connectivity index (χ4v) is 7.30. The van der Waals surface area contributed by atoms with Crippen molar-refractivity contribution < 1.29 is 66.3 Å². The SMILES string of the molecule is C=C(C)C(=O)OCCCc1cc(-c2ccc(C3CCC(CCCCC)CC3)cc2F)cc(CCCOC(=O)C(=C)C)c1OCC(COC(=O)CC(=O)OC)COC(=O)CC(=O)OC. The van der Waals surface area contributed by atoms with Gasteiger partial charge in [0.15, 0.2) is 0 Å². The van der Waals surface area contributed by atoms with Gasteiger partial charge in [-0.2, -0.15) is 0 Å². The van der Waals surface area contributed by atoms with E-state index in [-0.39, 0.29) is 55.9 Å². The van der Waals surface area contributed by atoms with Gasteiger partial charge in [0, 0.05) is 16.7 Å². The molecule has 0 heterocycles. The van der Waals surface area contributed by atoms with Gasteiger partial charge in [-0.3, -0.25) is 19.2 Å². The van der Waals surface area contributed by atoms with Gasteiger partial charge in [-0.25, -0.2) is 14.0 Å². The van der Waals surface area contributed by atoms with E-state index in [4.69, 9.17) is 23.7 Å². The summed E-state index contributed by atoms with van der Waals surface area (Å²) in [5.41, 5.74) is 3.73. The molecule has 2 aromatic rings. The van der Waals surface area contributed by atoms with E-state index in [0.717, 1.165) is 51.4 Å². The molecule has 346 valence electrons. The Kier molecular flexibility index (Phi) is 22.6. The van der Waals surface area contributed by atoms with Gasteiger partial charge in [-0.05, 0) is 118 Å². The molecule has 0 atom stereocenters. The zero-order valence-electron chi connectivity index (χ0n) is 37.7. The van der Waals surface area contributed by atoms with Crippen LogP contribution in [0.2, 0.25) is 0 Å². The number of hydrogen-bond donors (Lipinski definition) is 0. The van der Waals surface area contributed by atoms with E-state index in [9.17, 15) is 28.8 Å². The molecule has 0 N–H and O–H groups in total. The number of aryl methyl sites for hydroxylation is 2. The van der Waals surface area contributed by atoms with Gasteiger partial charge in [0.25, 0.3) is 0 Å². The number of ether oxygens (including phenoxy) is 7. The molecule has 1 aliphatic rings. The Balaban J connectivity index is 2.01. The van der Waals surface area contributed by atoms with E-state index in [2.05, 4.69) is 29.6 Å². The molecule has 1 aliphatic carbocycles. The van der Waals surface area contributed by atoms with Crippen LogP contribution in [-0.4, -0.2) is 83.1 Å². The zero-order valence-corrected chi connectivity index (χ0v) is 37.7. The van der Waals surface area contributed by atoms with Crippen LogP contribution in [-0.2, 0) is 70.0 Å². The van der Waals surface area contributed by atoms with Crippen LogP contribution in [0.25, 0.3) is 11.1 Å². The average Bonchev–Trinajstić information content (AvgIpc) is 3.26. The molecule has 0 unspecified atom stereocenters. The van der Waals surface area contributed by atoms with Crippen LogP contribution in [0.4, 0.5) is 4.39 Å². The number of halogens is 1. The van der Waals surface area contributed by atoms with E-state index >= 15 is 4.39 Å². The average molecular weight is 881 g/mol. The summed E-state index contributed by atoms with van der Waals surface area (Å²) in [6, 6.07) is 9.10. The normalized spacial score (nSPS) is 14.6. The third-order valence-corrected chi connectivity index (χ3v) is 10.9. The lowest BCUT2D eigenvalue weighted by atomic mass is 9.77. The number of methoxy groups -OCH3 is 2. The number of hydrogen-bond acceptors (Lipinski definition) is 13. The summed E-state index contributed by atoms with van der Waals surface area (Å²) in [7, 11) is 2.26. The van der Waals surface area contributed by atoms with Crippen molar-refractivity contribution in [2.75, 3.05) is 47.3 Å². The Bertz CT molecular complexity index is 1810. The monoisotopic (exact) mass is 880 g/mol. The topological polar surface area (TPSA) is 167 Å². The molecule has 0 aromatic heterocycles. The van der Waals surface area contributed by atoms with Crippen molar-refractivity contribution in [1.29, 1.82) is 0 Å². The molecule has 63 heavy (non-hydrogen) atoms. The van der Waals surface area contributed by atoms with Gasteiger partial charge < -0.3 is 33.2 Å². The quantitative estimate of drug-likeness (QED) is 0.0275. The Labute approximate surface area is 371 Å². The Morgan fingerprint density at radius 3 is 1.67 bits per heavy atom. The maximum atomic E-state index is 16.3. The molecular weight excluding hydrogens is 816 g/mol.